The number of nitrogens with zero attached hydrogens (tertiary/aromatic N) is 4. The van der Waals surface area contributed by atoms with E-state index in [4.69, 9.17) is 0 Å². The zero-order chi connectivity index (χ0) is 19.6. The highest BCUT2D eigenvalue weighted by Gasteiger charge is 2.22. The van der Waals surface area contributed by atoms with Crippen LogP contribution in [0, 0.1) is 0 Å². The molecule has 1 aliphatic heterocycles. The standard InChI is InChI=1S/C23H22N4OS/c28-22(26-14-12-25(13-15-26)17-18-6-2-1-3-7-18)19-8-9-20-21(16-19)29-23(24-20)27-10-4-5-11-27/h1-11,16H,12-15,17H2. The Labute approximate surface area is 173 Å². The van der Waals surface area contributed by atoms with Gasteiger partial charge in [-0.1, -0.05) is 41.7 Å². The molecule has 0 radical (unpaired) electrons. The molecule has 6 heteroatoms. The lowest BCUT2D eigenvalue weighted by molar-refractivity contribution is 0.0628. The Morgan fingerprint density at radius 1 is 0.931 bits per heavy atom. The van der Waals surface area contributed by atoms with Crippen LogP contribution in [0.5, 0.6) is 0 Å². The summed E-state index contributed by atoms with van der Waals surface area (Å²) in [5, 5.41) is 0.920. The quantitative estimate of drug-likeness (QED) is 0.517. The summed E-state index contributed by atoms with van der Waals surface area (Å²) in [7, 11) is 0. The summed E-state index contributed by atoms with van der Waals surface area (Å²) >= 11 is 1.61. The van der Waals surface area contributed by atoms with Crippen LogP contribution in [0.2, 0.25) is 0 Å². The normalized spacial score (nSPS) is 15.1. The van der Waals surface area contributed by atoms with Crippen molar-refractivity contribution in [3.05, 3.63) is 84.2 Å². The van der Waals surface area contributed by atoms with Gasteiger partial charge in [-0.2, -0.15) is 0 Å². The summed E-state index contributed by atoms with van der Waals surface area (Å²) in [6.45, 7) is 4.28. The summed E-state index contributed by atoms with van der Waals surface area (Å²) in [4.78, 5) is 22.1. The van der Waals surface area contributed by atoms with Gasteiger partial charge in [0.05, 0.1) is 10.2 Å². The van der Waals surface area contributed by atoms with Gasteiger partial charge in [0.15, 0.2) is 5.13 Å². The maximum Gasteiger partial charge on any atom is 0.253 e. The number of hydrogen-bond donors (Lipinski definition) is 0. The minimum Gasteiger partial charge on any atom is -0.336 e. The van der Waals surface area contributed by atoms with E-state index in [2.05, 4.69) is 34.1 Å². The molecule has 0 saturated carbocycles. The lowest BCUT2D eigenvalue weighted by atomic mass is 10.1. The Balaban J connectivity index is 1.26. The first kappa shape index (κ1) is 18.1. The van der Waals surface area contributed by atoms with Crippen LogP contribution in [-0.4, -0.2) is 51.4 Å². The molecule has 2 aromatic carbocycles. The van der Waals surface area contributed by atoms with Crippen LogP contribution < -0.4 is 0 Å². The topological polar surface area (TPSA) is 41.4 Å². The highest BCUT2D eigenvalue weighted by molar-refractivity contribution is 7.20. The van der Waals surface area contributed by atoms with Crippen molar-refractivity contribution in [2.24, 2.45) is 0 Å². The first-order valence-corrected chi connectivity index (χ1v) is 10.7. The second-order valence-corrected chi connectivity index (χ2v) is 8.33. The maximum absolute atomic E-state index is 13.0. The molecule has 0 bridgehead atoms. The molecule has 5 nitrogen and oxygen atoms in total. The number of thiazole rings is 1. The highest BCUT2D eigenvalue weighted by Crippen LogP contribution is 2.26. The molecule has 5 rings (SSSR count). The SMILES string of the molecule is O=C(c1ccc2nc(-n3cccc3)sc2c1)N1CCN(Cc2ccccc2)CC1. The molecule has 2 aromatic heterocycles. The van der Waals surface area contributed by atoms with E-state index in [9.17, 15) is 4.79 Å². The van der Waals surface area contributed by atoms with Crippen LogP contribution >= 0.6 is 11.3 Å². The van der Waals surface area contributed by atoms with E-state index in [0.717, 1.165) is 53.6 Å². The fourth-order valence-corrected chi connectivity index (χ4v) is 4.72. The zero-order valence-electron chi connectivity index (χ0n) is 16.1. The molecule has 1 amide bonds. The van der Waals surface area contributed by atoms with Crippen molar-refractivity contribution < 1.29 is 4.79 Å². The van der Waals surface area contributed by atoms with Crippen molar-refractivity contribution >= 4 is 27.5 Å². The third-order valence-corrected chi connectivity index (χ3v) is 6.39. The third-order valence-electron chi connectivity index (χ3n) is 5.36. The molecule has 1 fully saturated rings. The van der Waals surface area contributed by atoms with Crippen LogP contribution in [0.3, 0.4) is 0 Å². The average molecular weight is 403 g/mol. The minimum absolute atomic E-state index is 0.113. The number of piperazine rings is 1. The predicted octanol–water partition coefficient (Wildman–Crippen LogP) is 4.05. The second-order valence-electron chi connectivity index (χ2n) is 7.32. The van der Waals surface area contributed by atoms with Gasteiger partial charge in [0.2, 0.25) is 0 Å². The predicted molar refractivity (Wildman–Crippen MR) is 117 cm³/mol. The monoisotopic (exact) mass is 402 g/mol. The lowest BCUT2D eigenvalue weighted by Gasteiger charge is -2.34. The van der Waals surface area contributed by atoms with Crippen molar-refractivity contribution in [2.75, 3.05) is 26.2 Å². The van der Waals surface area contributed by atoms with E-state index in [0.29, 0.717) is 0 Å². The first-order chi connectivity index (χ1) is 14.3. The molecule has 0 unspecified atom stereocenters. The van der Waals surface area contributed by atoms with Crippen molar-refractivity contribution in [3.63, 3.8) is 0 Å². The number of carbonyl (C=O) groups excluding carboxylic acids is 1. The molecule has 29 heavy (non-hydrogen) atoms. The number of carbonyl (C=O) groups is 1. The summed E-state index contributed by atoms with van der Waals surface area (Å²) < 4.78 is 3.04. The molecule has 1 saturated heterocycles. The van der Waals surface area contributed by atoms with E-state index >= 15 is 0 Å². The van der Waals surface area contributed by atoms with Gasteiger partial charge >= 0.3 is 0 Å². The van der Waals surface area contributed by atoms with Gasteiger partial charge in [-0.3, -0.25) is 9.69 Å². The highest BCUT2D eigenvalue weighted by atomic mass is 32.1. The van der Waals surface area contributed by atoms with Crippen LogP contribution in [0.4, 0.5) is 0 Å². The molecule has 0 spiro atoms. The van der Waals surface area contributed by atoms with Crippen molar-refractivity contribution in [1.29, 1.82) is 0 Å². The van der Waals surface area contributed by atoms with Gasteiger partial charge in [0.1, 0.15) is 0 Å². The fourth-order valence-electron chi connectivity index (χ4n) is 3.75. The number of amides is 1. The third kappa shape index (κ3) is 3.81. The zero-order valence-corrected chi connectivity index (χ0v) is 16.9. The number of aromatic nitrogens is 2. The van der Waals surface area contributed by atoms with Gasteiger partial charge in [-0.05, 0) is 35.9 Å². The Morgan fingerprint density at radius 2 is 1.69 bits per heavy atom. The van der Waals surface area contributed by atoms with Gasteiger partial charge < -0.3 is 9.47 Å². The van der Waals surface area contributed by atoms with E-state index in [-0.39, 0.29) is 5.91 Å². The molecule has 146 valence electrons. The molecule has 1 aliphatic rings. The second kappa shape index (κ2) is 7.81. The molecule has 4 aromatic rings. The molecule has 0 N–H and O–H groups in total. The van der Waals surface area contributed by atoms with Gasteiger partial charge in [-0.15, -0.1) is 0 Å². The van der Waals surface area contributed by atoms with E-state index in [1.165, 1.54) is 5.56 Å². The van der Waals surface area contributed by atoms with E-state index in [1.807, 2.05) is 58.3 Å². The Morgan fingerprint density at radius 3 is 2.45 bits per heavy atom. The van der Waals surface area contributed by atoms with Crippen molar-refractivity contribution in [1.82, 2.24) is 19.4 Å². The molecular formula is C23H22N4OS. The van der Waals surface area contributed by atoms with Crippen LogP contribution in [0.25, 0.3) is 15.3 Å². The largest absolute Gasteiger partial charge is 0.336 e. The van der Waals surface area contributed by atoms with Crippen LogP contribution in [-0.2, 0) is 6.54 Å². The maximum atomic E-state index is 13.0. The number of hydrogen-bond acceptors (Lipinski definition) is 4. The van der Waals surface area contributed by atoms with Crippen molar-refractivity contribution in [3.8, 4) is 5.13 Å². The smallest absolute Gasteiger partial charge is 0.253 e. The summed E-state index contributed by atoms with van der Waals surface area (Å²) in [6, 6.07) is 20.3. The van der Waals surface area contributed by atoms with Crippen molar-refractivity contribution in [2.45, 2.75) is 6.54 Å². The number of benzene rings is 2. The average Bonchev–Trinajstić information content (AvgIpc) is 3.44. The molecular weight excluding hydrogens is 380 g/mol. The number of fused-ring (bicyclic) bond motifs is 1. The van der Waals surface area contributed by atoms with Gasteiger partial charge in [-0.25, -0.2) is 4.98 Å². The summed E-state index contributed by atoms with van der Waals surface area (Å²) in [5.41, 5.74) is 3.00. The van der Waals surface area contributed by atoms with Gasteiger partial charge in [0, 0.05) is 50.7 Å². The lowest BCUT2D eigenvalue weighted by Crippen LogP contribution is -2.48. The van der Waals surface area contributed by atoms with E-state index in [1.54, 1.807) is 11.3 Å². The van der Waals surface area contributed by atoms with Crippen LogP contribution in [0.15, 0.2) is 73.1 Å². The molecule has 3 heterocycles. The summed E-state index contributed by atoms with van der Waals surface area (Å²) in [5.74, 6) is 0.113. The first-order valence-electron chi connectivity index (χ1n) is 9.86. The fraction of sp³-hybridized carbons (Fsp3) is 0.217. The van der Waals surface area contributed by atoms with Gasteiger partial charge in [0.25, 0.3) is 5.91 Å². The Hall–Kier alpha value is -2.96. The summed E-state index contributed by atoms with van der Waals surface area (Å²) in [6.07, 6.45) is 3.97. The molecule has 0 atom stereocenters. The Bertz CT molecular complexity index is 1110. The number of rotatable bonds is 4. The van der Waals surface area contributed by atoms with Crippen LogP contribution in [0.1, 0.15) is 15.9 Å². The Kier molecular flexibility index (Phi) is 4.87. The molecule has 0 aliphatic carbocycles. The minimum atomic E-state index is 0.113. The van der Waals surface area contributed by atoms with E-state index < -0.39 is 0 Å².